The van der Waals surface area contributed by atoms with E-state index >= 15 is 0 Å². The Morgan fingerprint density at radius 1 is 1.13 bits per heavy atom. The molecule has 0 radical (unpaired) electrons. The number of hydrogen-bond acceptors (Lipinski definition) is 10. The van der Waals surface area contributed by atoms with Crippen LogP contribution < -0.4 is 0 Å². The number of hydrogen-bond donors (Lipinski definition) is 5. The molecule has 0 aliphatic carbocycles. The molecule has 8 unspecified atom stereocenters. The molecule has 0 bridgehead atoms. The van der Waals surface area contributed by atoms with Gasteiger partial charge < -0.3 is 44.4 Å². The lowest BCUT2D eigenvalue weighted by Crippen LogP contribution is -2.60. The van der Waals surface area contributed by atoms with Crippen LogP contribution in [0.15, 0.2) is 61.0 Å². The van der Waals surface area contributed by atoms with Crippen molar-refractivity contribution in [2.24, 2.45) is 11.8 Å². The Hall–Kier alpha value is -3.32. The van der Waals surface area contributed by atoms with Gasteiger partial charge in [-0.2, -0.15) is 0 Å². The number of nitrogens with zero attached hydrogens (tertiary/aromatic N) is 1. The van der Waals surface area contributed by atoms with E-state index in [1.807, 2.05) is 30.3 Å². The number of aliphatic hydroxyl groups is 4. The predicted octanol–water partition coefficient (Wildman–Crippen LogP) is 0.907. The molecule has 2 aliphatic heterocycles. The summed E-state index contributed by atoms with van der Waals surface area (Å²) in [4.78, 5) is 20.7. The molecule has 2 aliphatic rings. The highest BCUT2D eigenvalue weighted by molar-refractivity contribution is 6.07. The van der Waals surface area contributed by atoms with Gasteiger partial charge in [0.1, 0.15) is 24.4 Å². The number of methoxy groups -OCH3 is 1. The average Bonchev–Trinajstić information content (AvgIpc) is 3.33. The summed E-state index contributed by atoms with van der Waals surface area (Å²) in [6.07, 6.45) is -3.61. The Balaban J connectivity index is 1.48. The standard InChI is InChI=1S/C27H30N2O9/c1-3-13-16(10-19-21-15(8-9-28-19)14-6-4-5-7-18(14)29-21)17(25(34)35-2)12-36-26(13)38-27-24(33)23(32)22(31)20(11-30)37-27/h3-9,12-13,16,20,22-24,26-27,29-33H,1,10-11H2,2H3. The monoisotopic (exact) mass is 526 g/mol. The molecular formula is C27H30N2O9. The summed E-state index contributed by atoms with van der Waals surface area (Å²) in [7, 11) is 1.27. The first-order valence-electron chi connectivity index (χ1n) is 12.2. The van der Waals surface area contributed by atoms with Crippen molar-refractivity contribution >= 4 is 27.8 Å². The summed E-state index contributed by atoms with van der Waals surface area (Å²) in [5.41, 5.74) is 2.75. The fourth-order valence-electron chi connectivity index (χ4n) is 5.18. The molecular weight excluding hydrogens is 496 g/mol. The molecule has 1 aromatic carbocycles. The van der Waals surface area contributed by atoms with Crippen LogP contribution in [0.5, 0.6) is 0 Å². The summed E-state index contributed by atoms with van der Waals surface area (Å²) < 4.78 is 22.1. The summed E-state index contributed by atoms with van der Waals surface area (Å²) in [6, 6.07) is 9.82. The normalized spacial score (nSPS) is 31.6. The SMILES string of the molecule is C=CC1C(OC2OC(CO)C(O)C(O)C2O)OC=C(C(=O)OC)C1Cc1nccc2c1[nH]c1ccccc12. The Bertz CT molecular complexity index is 1350. The Kier molecular flexibility index (Phi) is 7.48. The number of carbonyl (C=O) groups is 1. The number of esters is 1. The van der Waals surface area contributed by atoms with Gasteiger partial charge in [-0.15, -0.1) is 6.58 Å². The molecule has 0 amide bonds. The van der Waals surface area contributed by atoms with E-state index in [1.54, 1.807) is 12.3 Å². The van der Waals surface area contributed by atoms with E-state index in [1.165, 1.54) is 13.4 Å². The van der Waals surface area contributed by atoms with Crippen LogP contribution in [0.4, 0.5) is 0 Å². The molecule has 11 heteroatoms. The summed E-state index contributed by atoms with van der Waals surface area (Å²) in [5.74, 6) is -1.77. The highest BCUT2D eigenvalue weighted by Crippen LogP contribution is 2.38. The lowest BCUT2D eigenvalue weighted by molar-refractivity contribution is -0.339. The van der Waals surface area contributed by atoms with Crippen molar-refractivity contribution in [2.75, 3.05) is 13.7 Å². The third kappa shape index (κ3) is 4.57. The fraction of sp³-hybridized carbons (Fsp3) is 0.407. The van der Waals surface area contributed by atoms with Gasteiger partial charge in [-0.05, 0) is 18.6 Å². The minimum Gasteiger partial charge on any atom is -0.471 e. The van der Waals surface area contributed by atoms with E-state index in [0.29, 0.717) is 12.1 Å². The van der Waals surface area contributed by atoms with Crippen molar-refractivity contribution < 1.29 is 44.2 Å². The molecule has 0 saturated carbocycles. The van der Waals surface area contributed by atoms with Crippen molar-refractivity contribution in [3.63, 3.8) is 0 Å². The van der Waals surface area contributed by atoms with Gasteiger partial charge in [0.25, 0.3) is 0 Å². The summed E-state index contributed by atoms with van der Waals surface area (Å²) in [5, 5.41) is 42.2. The number of aromatic nitrogens is 2. The number of H-pyrrole nitrogens is 1. The number of benzene rings is 1. The van der Waals surface area contributed by atoms with Gasteiger partial charge in [0, 0.05) is 34.3 Å². The van der Waals surface area contributed by atoms with E-state index in [0.717, 1.165) is 21.8 Å². The van der Waals surface area contributed by atoms with Crippen molar-refractivity contribution in [2.45, 2.75) is 43.4 Å². The Labute approximate surface area is 217 Å². The van der Waals surface area contributed by atoms with Crippen LogP contribution in [-0.2, 0) is 30.2 Å². The number of fused-ring (bicyclic) bond motifs is 3. The molecule has 38 heavy (non-hydrogen) atoms. The second kappa shape index (κ2) is 10.8. The average molecular weight is 527 g/mol. The van der Waals surface area contributed by atoms with E-state index in [-0.39, 0.29) is 5.57 Å². The van der Waals surface area contributed by atoms with E-state index in [9.17, 15) is 25.2 Å². The number of para-hydroxylation sites is 1. The molecule has 202 valence electrons. The Morgan fingerprint density at radius 2 is 1.92 bits per heavy atom. The first-order chi connectivity index (χ1) is 18.4. The number of nitrogens with one attached hydrogen (secondary N) is 1. The van der Waals surface area contributed by atoms with Crippen LogP contribution in [0, 0.1) is 11.8 Å². The number of carbonyl (C=O) groups excluding carboxylic acids is 1. The minimum absolute atomic E-state index is 0.251. The van der Waals surface area contributed by atoms with Crippen molar-refractivity contribution in [3.05, 3.63) is 66.7 Å². The van der Waals surface area contributed by atoms with Crippen molar-refractivity contribution in [1.82, 2.24) is 9.97 Å². The van der Waals surface area contributed by atoms with Crippen LogP contribution in [0.3, 0.4) is 0 Å². The zero-order chi connectivity index (χ0) is 27.0. The van der Waals surface area contributed by atoms with Gasteiger partial charge in [-0.1, -0.05) is 24.3 Å². The summed E-state index contributed by atoms with van der Waals surface area (Å²) in [6.45, 7) is 3.31. The molecule has 2 aromatic heterocycles. The maximum absolute atomic E-state index is 12.7. The highest BCUT2D eigenvalue weighted by Gasteiger charge is 2.47. The lowest BCUT2D eigenvalue weighted by Gasteiger charge is -2.43. The molecule has 5 rings (SSSR count). The molecule has 5 N–H and O–H groups in total. The zero-order valence-corrected chi connectivity index (χ0v) is 20.6. The lowest BCUT2D eigenvalue weighted by atomic mass is 9.80. The maximum atomic E-state index is 12.7. The Morgan fingerprint density at radius 3 is 2.66 bits per heavy atom. The third-order valence-corrected chi connectivity index (χ3v) is 7.24. The highest BCUT2D eigenvalue weighted by atomic mass is 16.8. The van der Waals surface area contributed by atoms with Gasteiger partial charge in [0.2, 0.25) is 6.29 Å². The molecule has 8 atom stereocenters. The van der Waals surface area contributed by atoms with E-state index in [4.69, 9.17) is 18.9 Å². The van der Waals surface area contributed by atoms with E-state index < -0.39 is 61.4 Å². The molecule has 0 spiro atoms. The van der Waals surface area contributed by atoms with Gasteiger partial charge in [0.05, 0.1) is 36.8 Å². The van der Waals surface area contributed by atoms with Gasteiger partial charge in [-0.25, -0.2) is 4.79 Å². The second-order valence-electron chi connectivity index (χ2n) is 9.38. The molecule has 4 heterocycles. The number of aliphatic hydroxyl groups excluding tert-OH is 4. The predicted molar refractivity (Wildman–Crippen MR) is 134 cm³/mol. The molecule has 11 nitrogen and oxygen atoms in total. The summed E-state index contributed by atoms with van der Waals surface area (Å²) >= 11 is 0. The molecule has 3 aromatic rings. The van der Waals surface area contributed by atoms with E-state index in [2.05, 4.69) is 16.5 Å². The van der Waals surface area contributed by atoms with Gasteiger partial charge in [0.15, 0.2) is 6.29 Å². The van der Waals surface area contributed by atoms with Crippen LogP contribution >= 0.6 is 0 Å². The van der Waals surface area contributed by atoms with Crippen LogP contribution in [0.25, 0.3) is 21.8 Å². The number of aromatic amines is 1. The topological polar surface area (TPSA) is 164 Å². The quantitative estimate of drug-likeness (QED) is 0.221. The van der Waals surface area contributed by atoms with Crippen LogP contribution in [-0.4, -0.2) is 87.1 Å². The first-order valence-corrected chi connectivity index (χ1v) is 12.2. The van der Waals surface area contributed by atoms with Crippen molar-refractivity contribution in [1.29, 1.82) is 0 Å². The molecule has 1 saturated heterocycles. The number of ether oxygens (including phenoxy) is 4. The largest absolute Gasteiger partial charge is 0.471 e. The van der Waals surface area contributed by atoms with Crippen LogP contribution in [0.1, 0.15) is 5.69 Å². The first kappa shape index (κ1) is 26.3. The third-order valence-electron chi connectivity index (χ3n) is 7.24. The zero-order valence-electron chi connectivity index (χ0n) is 20.6. The van der Waals surface area contributed by atoms with Gasteiger partial charge >= 0.3 is 5.97 Å². The van der Waals surface area contributed by atoms with Crippen LogP contribution in [0.2, 0.25) is 0 Å². The minimum atomic E-state index is -1.62. The molecule has 1 fully saturated rings. The smallest absolute Gasteiger partial charge is 0.337 e. The van der Waals surface area contributed by atoms with Crippen molar-refractivity contribution in [3.8, 4) is 0 Å². The second-order valence-corrected chi connectivity index (χ2v) is 9.38. The number of rotatable bonds is 7. The van der Waals surface area contributed by atoms with Gasteiger partial charge in [-0.3, -0.25) is 4.98 Å². The number of pyridine rings is 1. The maximum Gasteiger partial charge on any atom is 0.337 e. The fourth-order valence-corrected chi connectivity index (χ4v) is 5.18.